The number of benzene rings is 2. The first-order valence-electron chi connectivity index (χ1n) is 6.18. The third-order valence-corrected chi connectivity index (χ3v) is 5.45. The van der Waals surface area contributed by atoms with E-state index in [0.717, 1.165) is 27.0 Å². The highest BCUT2D eigenvalue weighted by Crippen LogP contribution is 2.29. The van der Waals surface area contributed by atoms with E-state index in [2.05, 4.69) is 27.0 Å². The van der Waals surface area contributed by atoms with E-state index in [9.17, 15) is 0 Å². The smallest absolute Gasteiger partial charge is 0.111 e. The molecule has 1 aromatic heterocycles. The van der Waals surface area contributed by atoms with E-state index in [1.54, 1.807) is 11.3 Å². The van der Waals surface area contributed by atoms with Crippen molar-refractivity contribution in [3.05, 3.63) is 62.5 Å². The summed E-state index contributed by atoms with van der Waals surface area (Å²) in [6.45, 7) is 0. The Labute approximate surface area is 134 Å². The van der Waals surface area contributed by atoms with E-state index < -0.39 is 0 Å². The van der Waals surface area contributed by atoms with Crippen molar-refractivity contribution in [1.82, 2.24) is 4.98 Å². The van der Waals surface area contributed by atoms with Crippen LogP contribution in [0.4, 0.5) is 0 Å². The molecule has 1 unspecified atom stereocenters. The van der Waals surface area contributed by atoms with Gasteiger partial charge in [-0.3, -0.25) is 0 Å². The Morgan fingerprint density at radius 2 is 2.05 bits per heavy atom. The van der Waals surface area contributed by atoms with Crippen LogP contribution < -0.4 is 5.73 Å². The van der Waals surface area contributed by atoms with Gasteiger partial charge in [0.05, 0.1) is 21.3 Å². The molecule has 0 radical (unpaired) electrons. The maximum Gasteiger partial charge on any atom is 0.111 e. The normalized spacial score (nSPS) is 12.8. The molecule has 0 saturated heterocycles. The summed E-state index contributed by atoms with van der Waals surface area (Å²) in [6.07, 6.45) is 0.746. The minimum Gasteiger partial charge on any atom is -0.322 e. The molecule has 2 aromatic carbocycles. The van der Waals surface area contributed by atoms with Gasteiger partial charge >= 0.3 is 0 Å². The van der Waals surface area contributed by atoms with Crippen molar-refractivity contribution in [3.8, 4) is 0 Å². The topological polar surface area (TPSA) is 38.9 Å². The fraction of sp³-hybridized carbons (Fsp3) is 0.133. The van der Waals surface area contributed by atoms with Crippen molar-refractivity contribution in [3.63, 3.8) is 0 Å². The van der Waals surface area contributed by atoms with Crippen LogP contribution in [0.15, 0.2) is 46.9 Å². The number of rotatable bonds is 3. The van der Waals surface area contributed by atoms with Gasteiger partial charge in [-0.1, -0.05) is 29.8 Å². The van der Waals surface area contributed by atoms with Crippen LogP contribution in [0, 0.1) is 0 Å². The summed E-state index contributed by atoms with van der Waals surface area (Å²) in [5, 5.41) is 1.68. The van der Waals surface area contributed by atoms with Crippen LogP contribution in [0.2, 0.25) is 5.02 Å². The van der Waals surface area contributed by atoms with Crippen LogP contribution in [0.25, 0.3) is 10.2 Å². The Morgan fingerprint density at radius 1 is 1.25 bits per heavy atom. The molecular weight excluding hydrogens is 356 g/mol. The lowest BCUT2D eigenvalue weighted by Gasteiger charge is -2.09. The monoisotopic (exact) mass is 366 g/mol. The number of nitrogens with two attached hydrogens (primary N) is 1. The second kappa shape index (κ2) is 5.82. The predicted molar refractivity (Wildman–Crippen MR) is 89.4 cm³/mol. The van der Waals surface area contributed by atoms with Crippen LogP contribution in [0.1, 0.15) is 16.6 Å². The Balaban J connectivity index is 1.84. The lowest BCUT2D eigenvalue weighted by Crippen LogP contribution is -2.12. The summed E-state index contributed by atoms with van der Waals surface area (Å²) in [6, 6.07) is 13.9. The van der Waals surface area contributed by atoms with Crippen molar-refractivity contribution in [2.75, 3.05) is 0 Å². The fourth-order valence-corrected chi connectivity index (χ4v) is 3.57. The van der Waals surface area contributed by atoms with Crippen LogP contribution in [-0.2, 0) is 6.42 Å². The summed E-state index contributed by atoms with van der Waals surface area (Å²) in [4.78, 5) is 4.60. The van der Waals surface area contributed by atoms with E-state index in [1.165, 1.54) is 4.70 Å². The minimum absolute atomic E-state index is 0.0968. The zero-order valence-electron chi connectivity index (χ0n) is 10.5. The van der Waals surface area contributed by atoms with Gasteiger partial charge in [0.25, 0.3) is 0 Å². The molecule has 0 spiro atoms. The Hall–Kier alpha value is -0.940. The van der Waals surface area contributed by atoms with E-state index in [1.807, 2.05) is 36.4 Å². The van der Waals surface area contributed by atoms with Crippen molar-refractivity contribution in [2.24, 2.45) is 5.73 Å². The van der Waals surface area contributed by atoms with Crippen molar-refractivity contribution in [1.29, 1.82) is 0 Å². The van der Waals surface area contributed by atoms with E-state index in [4.69, 9.17) is 17.3 Å². The molecule has 2 N–H and O–H groups in total. The summed E-state index contributed by atoms with van der Waals surface area (Å²) in [7, 11) is 0. The second-order valence-electron chi connectivity index (χ2n) is 4.58. The Morgan fingerprint density at radius 3 is 2.80 bits per heavy atom. The highest BCUT2D eigenvalue weighted by molar-refractivity contribution is 9.10. The molecule has 1 atom stereocenters. The first-order chi connectivity index (χ1) is 9.63. The highest BCUT2D eigenvalue weighted by Gasteiger charge is 2.13. The average Bonchev–Trinajstić information content (AvgIpc) is 2.87. The van der Waals surface area contributed by atoms with Gasteiger partial charge in [-0.25, -0.2) is 4.98 Å². The number of nitrogens with zero attached hydrogens (tertiary/aromatic N) is 1. The standard InChI is InChI=1S/C15H12BrClN2S/c16-10-7-9(5-6-11(10)17)8-12(18)15-19-13-3-1-2-4-14(13)20-15/h1-7,12H,8,18H2. The van der Waals surface area contributed by atoms with Gasteiger partial charge in [-0.05, 0) is 52.2 Å². The van der Waals surface area contributed by atoms with Gasteiger partial charge in [0.2, 0.25) is 0 Å². The molecule has 102 valence electrons. The van der Waals surface area contributed by atoms with Crippen LogP contribution in [0.3, 0.4) is 0 Å². The summed E-state index contributed by atoms with van der Waals surface area (Å²) >= 11 is 11.1. The first kappa shape index (κ1) is 14.0. The lowest BCUT2D eigenvalue weighted by molar-refractivity contribution is 0.717. The first-order valence-corrected chi connectivity index (χ1v) is 8.17. The average molecular weight is 368 g/mol. The van der Waals surface area contributed by atoms with Crippen LogP contribution >= 0.6 is 38.9 Å². The van der Waals surface area contributed by atoms with Gasteiger partial charge in [-0.15, -0.1) is 11.3 Å². The fourth-order valence-electron chi connectivity index (χ4n) is 2.06. The molecule has 0 bridgehead atoms. The van der Waals surface area contributed by atoms with Crippen LogP contribution in [0.5, 0.6) is 0 Å². The van der Waals surface area contributed by atoms with Crippen molar-refractivity contribution < 1.29 is 0 Å². The lowest BCUT2D eigenvalue weighted by atomic mass is 10.1. The number of fused-ring (bicyclic) bond motifs is 1. The Bertz CT molecular complexity index is 723. The van der Waals surface area contributed by atoms with E-state index in [0.29, 0.717) is 5.02 Å². The molecule has 1 heterocycles. The third kappa shape index (κ3) is 2.88. The molecular formula is C15H12BrClN2S. The molecule has 0 aliphatic heterocycles. The molecule has 3 aromatic rings. The maximum atomic E-state index is 6.28. The molecule has 0 amide bonds. The van der Waals surface area contributed by atoms with Gasteiger partial charge < -0.3 is 5.73 Å². The molecule has 20 heavy (non-hydrogen) atoms. The van der Waals surface area contributed by atoms with Crippen molar-refractivity contribution >= 4 is 49.1 Å². The quantitative estimate of drug-likeness (QED) is 0.711. The second-order valence-corrected chi connectivity index (χ2v) is 6.90. The molecule has 0 fully saturated rings. The predicted octanol–water partition coefficient (Wildman–Crippen LogP) is 4.95. The molecule has 5 heteroatoms. The SMILES string of the molecule is NC(Cc1ccc(Cl)c(Br)c1)c1nc2ccccc2s1. The number of hydrogen-bond acceptors (Lipinski definition) is 3. The van der Waals surface area contributed by atoms with Gasteiger partial charge in [-0.2, -0.15) is 0 Å². The van der Waals surface area contributed by atoms with E-state index in [-0.39, 0.29) is 6.04 Å². The van der Waals surface area contributed by atoms with Gasteiger partial charge in [0.15, 0.2) is 0 Å². The number of hydrogen-bond donors (Lipinski definition) is 1. The molecule has 0 saturated carbocycles. The number of para-hydroxylation sites is 1. The molecule has 0 aliphatic rings. The number of aromatic nitrogens is 1. The maximum absolute atomic E-state index is 6.28. The van der Waals surface area contributed by atoms with Gasteiger partial charge in [0.1, 0.15) is 5.01 Å². The molecule has 0 aliphatic carbocycles. The number of halogens is 2. The highest BCUT2D eigenvalue weighted by atomic mass is 79.9. The Kier molecular flexibility index (Phi) is 4.08. The summed E-state index contributed by atoms with van der Waals surface area (Å²) in [5.74, 6) is 0. The largest absolute Gasteiger partial charge is 0.322 e. The summed E-state index contributed by atoms with van der Waals surface area (Å²) in [5.41, 5.74) is 8.44. The zero-order chi connectivity index (χ0) is 14.1. The number of thiazole rings is 1. The van der Waals surface area contributed by atoms with E-state index >= 15 is 0 Å². The van der Waals surface area contributed by atoms with Gasteiger partial charge in [0, 0.05) is 4.47 Å². The molecule has 2 nitrogen and oxygen atoms in total. The van der Waals surface area contributed by atoms with Crippen LogP contribution in [-0.4, -0.2) is 4.98 Å². The van der Waals surface area contributed by atoms with Crippen molar-refractivity contribution in [2.45, 2.75) is 12.5 Å². The zero-order valence-corrected chi connectivity index (χ0v) is 13.7. The minimum atomic E-state index is -0.0968. The molecule has 3 rings (SSSR count). The summed E-state index contributed by atoms with van der Waals surface area (Å²) < 4.78 is 2.07. The third-order valence-electron chi connectivity index (χ3n) is 3.07.